The van der Waals surface area contributed by atoms with Crippen molar-refractivity contribution in [3.8, 4) is 11.5 Å². The van der Waals surface area contributed by atoms with E-state index < -0.39 is 0 Å². The molecule has 0 heterocycles. The number of ether oxygens (including phenoxy) is 2. The van der Waals surface area contributed by atoms with Crippen LogP contribution in [0.15, 0.2) is 64.2 Å². The SMILES string of the molecule is CCOc1cc(C=NNC(=O)CCC(=O)Nc2cccc(C)c2C)cc(Br)c1OCc1ccccc1Cl. The summed E-state index contributed by atoms with van der Waals surface area (Å²) in [6.45, 7) is 6.52. The summed E-state index contributed by atoms with van der Waals surface area (Å²) >= 11 is 9.76. The zero-order valence-corrected chi connectivity index (χ0v) is 23.3. The summed E-state index contributed by atoms with van der Waals surface area (Å²) < 4.78 is 12.4. The molecule has 0 unspecified atom stereocenters. The minimum Gasteiger partial charge on any atom is -0.490 e. The van der Waals surface area contributed by atoms with Crippen molar-refractivity contribution in [3.63, 3.8) is 0 Å². The van der Waals surface area contributed by atoms with Crippen LogP contribution in [0.1, 0.15) is 42.0 Å². The van der Waals surface area contributed by atoms with E-state index in [1.807, 2.05) is 63.2 Å². The minimum atomic E-state index is -0.365. The van der Waals surface area contributed by atoms with Crippen LogP contribution in [0.2, 0.25) is 5.02 Å². The summed E-state index contributed by atoms with van der Waals surface area (Å²) in [6, 6.07) is 16.7. The van der Waals surface area contributed by atoms with Crippen LogP contribution in [0.3, 0.4) is 0 Å². The Kier molecular flexibility index (Phi) is 10.5. The van der Waals surface area contributed by atoms with E-state index in [2.05, 4.69) is 31.8 Å². The average Bonchev–Trinajstić information content (AvgIpc) is 2.86. The van der Waals surface area contributed by atoms with Gasteiger partial charge in [-0.25, -0.2) is 5.43 Å². The van der Waals surface area contributed by atoms with Crippen molar-refractivity contribution >= 4 is 51.2 Å². The van der Waals surface area contributed by atoms with Gasteiger partial charge in [0, 0.05) is 29.1 Å². The predicted octanol–water partition coefficient (Wildman–Crippen LogP) is 6.57. The zero-order chi connectivity index (χ0) is 26.8. The Morgan fingerprint density at radius 3 is 2.54 bits per heavy atom. The Labute approximate surface area is 230 Å². The molecule has 9 heteroatoms. The molecule has 0 fully saturated rings. The van der Waals surface area contributed by atoms with E-state index in [0.717, 1.165) is 22.4 Å². The van der Waals surface area contributed by atoms with Crippen LogP contribution in [0, 0.1) is 13.8 Å². The number of hydrogen-bond acceptors (Lipinski definition) is 5. The van der Waals surface area contributed by atoms with E-state index in [1.165, 1.54) is 6.21 Å². The molecule has 194 valence electrons. The Morgan fingerprint density at radius 1 is 1.03 bits per heavy atom. The largest absolute Gasteiger partial charge is 0.490 e. The number of aryl methyl sites for hydroxylation is 1. The van der Waals surface area contributed by atoms with Crippen LogP contribution in [-0.2, 0) is 16.2 Å². The van der Waals surface area contributed by atoms with Crippen molar-refractivity contribution in [2.75, 3.05) is 11.9 Å². The first-order valence-electron chi connectivity index (χ1n) is 11.8. The number of anilines is 1. The van der Waals surface area contributed by atoms with E-state index in [0.29, 0.717) is 33.2 Å². The number of amides is 2. The molecule has 0 aliphatic heterocycles. The van der Waals surface area contributed by atoms with Crippen LogP contribution in [-0.4, -0.2) is 24.6 Å². The molecule has 0 aliphatic carbocycles. The summed E-state index contributed by atoms with van der Waals surface area (Å²) in [5.41, 5.74) is 6.84. The predicted molar refractivity (Wildman–Crippen MR) is 151 cm³/mol. The van der Waals surface area contributed by atoms with Crippen molar-refractivity contribution in [2.24, 2.45) is 5.10 Å². The summed E-state index contributed by atoms with van der Waals surface area (Å²) in [7, 11) is 0. The van der Waals surface area contributed by atoms with Gasteiger partial charge >= 0.3 is 0 Å². The first-order valence-corrected chi connectivity index (χ1v) is 13.0. The molecule has 0 saturated carbocycles. The van der Waals surface area contributed by atoms with E-state index in [-0.39, 0.29) is 31.3 Å². The lowest BCUT2D eigenvalue weighted by Crippen LogP contribution is -2.21. The third-order valence-electron chi connectivity index (χ3n) is 5.52. The normalized spacial score (nSPS) is 10.8. The van der Waals surface area contributed by atoms with E-state index in [4.69, 9.17) is 21.1 Å². The number of benzene rings is 3. The standard InChI is InChI=1S/C28H29BrClN3O4/c1-4-36-25-15-20(14-22(29)28(25)37-17-21-9-5-6-10-23(21)30)16-31-33-27(35)13-12-26(34)32-24-11-7-8-18(2)19(24)3/h5-11,14-16H,4,12-13,17H2,1-3H3,(H,32,34)(H,33,35). The lowest BCUT2D eigenvalue weighted by molar-refractivity contribution is -0.124. The van der Waals surface area contributed by atoms with Gasteiger partial charge in [0.2, 0.25) is 11.8 Å². The van der Waals surface area contributed by atoms with E-state index in [9.17, 15) is 9.59 Å². The second-order valence-electron chi connectivity index (χ2n) is 8.23. The number of nitrogens with zero attached hydrogens (tertiary/aromatic N) is 1. The monoisotopic (exact) mass is 585 g/mol. The third-order valence-corrected chi connectivity index (χ3v) is 6.48. The quantitative estimate of drug-likeness (QED) is 0.197. The molecule has 7 nitrogen and oxygen atoms in total. The smallest absolute Gasteiger partial charge is 0.240 e. The van der Waals surface area contributed by atoms with Gasteiger partial charge in [-0.2, -0.15) is 5.10 Å². The number of nitrogens with one attached hydrogen (secondary N) is 2. The lowest BCUT2D eigenvalue weighted by atomic mass is 10.1. The summed E-state index contributed by atoms with van der Waals surface area (Å²) in [5, 5.41) is 7.49. The van der Waals surface area contributed by atoms with Crippen molar-refractivity contribution in [2.45, 2.75) is 40.2 Å². The number of hydrazone groups is 1. The lowest BCUT2D eigenvalue weighted by Gasteiger charge is -2.15. The van der Waals surface area contributed by atoms with Gasteiger partial charge in [-0.3, -0.25) is 9.59 Å². The molecule has 0 aromatic heterocycles. The maximum atomic E-state index is 12.2. The fourth-order valence-corrected chi connectivity index (χ4v) is 4.16. The molecule has 0 bridgehead atoms. The second-order valence-corrected chi connectivity index (χ2v) is 9.49. The molecule has 37 heavy (non-hydrogen) atoms. The van der Waals surface area contributed by atoms with Gasteiger partial charge in [0.25, 0.3) is 0 Å². The van der Waals surface area contributed by atoms with E-state index >= 15 is 0 Å². The Balaban J connectivity index is 1.56. The molecular weight excluding hydrogens is 558 g/mol. The minimum absolute atomic E-state index is 0.0107. The summed E-state index contributed by atoms with van der Waals surface area (Å²) in [5.74, 6) is 0.472. The zero-order valence-electron chi connectivity index (χ0n) is 20.9. The van der Waals surface area contributed by atoms with Crippen LogP contribution in [0.5, 0.6) is 11.5 Å². The van der Waals surface area contributed by atoms with Crippen LogP contribution >= 0.6 is 27.5 Å². The molecule has 0 radical (unpaired) electrons. The fourth-order valence-electron chi connectivity index (χ4n) is 3.39. The highest BCUT2D eigenvalue weighted by Crippen LogP contribution is 2.37. The van der Waals surface area contributed by atoms with Gasteiger partial charge in [-0.15, -0.1) is 0 Å². The first kappa shape index (κ1) is 28.2. The highest BCUT2D eigenvalue weighted by atomic mass is 79.9. The first-order chi connectivity index (χ1) is 17.8. The van der Waals surface area contributed by atoms with Gasteiger partial charge in [0.15, 0.2) is 11.5 Å². The highest BCUT2D eigenvalue weighted by Gasteiger charge is 2.13. The molecule has 2 N–H and O–H groups in total. The van der Waals surface area contributed by atoms with Crippen LogP contribution < -0.4 is 20.2 Å². The van der Waals surface area contributed by atoms with Crippen molar-refractivity contribution in [3.05, 3.63) is 86.3 Å². The summed E-state index contributed by atoms with van der Waals surface area (Å²) in [4.78, 5) is 24.4. The molecular formula is C28H29BrClN3O4. The topological polar surface area (TPSA) is 89.0 Å². The fraction of sp³-hybridized carbons (Fsp3) is 0.250. The number of rotatable bonds is 11. The van der Waals surface area contributed by atoms with Gasteiger partial charge in [0.05, 0.1) is 17.3 Å². The van der Waals surface area contributed by atoms with Crippen LogP contribution in [0.4, 0.5) is 5.69 Å². The highest BCUT2D eigenvalue weighted by molar-refractivity contribution is 9.10. The molecule has 2 amide bonds. The molecule has 3 aromatic carbocycles. The van der Waals surface area contributed by atoms with Gasteiger partial charge < -0.3 is 14.8 Å². The molecule has 0 aliphatic rings. The van der Waals surface area contributed by atoms with Crippen molar-refractivity contribution < 1.29 is 19.1 Å². The average molecular weight is 587 g/mol. The maximum Gasteiger partial charge on any atom is 0.240 e. The molecule has 3 aromatic rings. The number of carbonyl (C=O) groups is 2. The second kappa shape index (κ2) is 13.8. The van der Waals surface area contributed by atoms with Crippen molar-refractivity contribution in [1.82, 2.24) is 5.43 Å². The Morgan fingerprint density at radius 2 is 1.78 bits per heavy atom. The van der Waals surface area contributed by atoms with Crippen LogP contribution in [0.25, 0.3) is 0 Å². The third kappa shape index (κ3) is 8.33. The Hall–Kier alpha value is -3.36. The van der Waals surface area contributed by atoms with E-state index in [1.54, 1.807) is 12.1 Å². The van der Waals surface area contributed by atoms with Gasteiger partial charge in [-0.05, 0) is 77.7 Å². The number of hydrogen-bond donors (Lipinski definition) is 2. The van der Waals surface area contributed by atoms with Gasteiger partial charge in [0.1, 0.15) is 6.61 Å². The molecule has 0 saturated heterocycles. The molecule has 0 spiro atoms. The molecule has 0 atom stereocenters. The van der Waals surface area contributed by atoms with Gasteiger partial charge in [-0.1, -0.05) is 41.9 Å². The summed E-state index contributed by atoms with van der Waals surface area (Å²) in [6.07, 6.45) is 1.56. The maximum absolute atomic E-state index is 12.2. The number of carbonyl (C=O) groups excluding carboxylic acids is 2. The molecule has 3 rings (SSSR count). The van der Waals surface area contributed by atoms with Crippen molar-refractivity contribution in [1.29, 1.82) is 0 Å². The number of halogens is 2. The Bertz CT molecular complexity index is 1300.